The van der Waals surface area contributed by atoms with Crippen molar-refractivity contribution in [1.82, 2.24) is 0 Å². The van der Waals surface area contributed by atoms with Crippen LogP contribution in [-0.4, -0.2) is 18.1 Å². The second-order valence-corrected chi connectivity index (χ2v) is 4.75. The van der Waals surface area contributed by atoms with Crippen molar-refractivity contribution in [1.29, 1.82) is 5.26 Å². The Bertz CT molecular complexity index is 720. The summed E-state index contributed by atoms with van der Waals surface area (Å²) in [5.74, 6) is -1.02. The van der Waals surface area contributed by atoms with Crippen molar-refractivity contribution < 1.29 is 9.90 Å². The van der Waals surface area contributed by atoms with E-state index in [1.807, 2.05) is 17.0 Å². The van der Waals surface area contributed by atoms with Crippen LogP contribution in [0.1, 0.15) is 21.5 Å². The molecule has 2 aromatic rings. The number of carboxylic acids is 1. The second-order valence-electron chi connectivity index (χ2n) is 4.75. The Labute approximate surface area is 122 Å². The lowest BCUT2D eigenvalue weighted by molar-refractivity contribution is 0.0697. The number of rotatable bonds is 4. The number of nitrogens with two attached hydrogens (primary N) is 1. The summed E-state index contributed by atoms with van der Waals surface area (Å²) in [7, 11) is 1.80. The van der Waals surface area contributed by atoms with E-state index in [0.717, 1.165) is 5.56 Å². The zero-order valence-electron chi connectivity index (χ0n) is 11.6. The second kappa shape index (κ2) is 5.97. The van der Waals surface area contributed by atoms with Crippen molar-refractivity contribution in [3.8, 4) is 6.07 Å². The molecule has 21 heavy (non-hydrogen) atoms. The molecular formula is C16H15N3O2. The number of benzene rings is 2. The first-order valence-corrected chi connectivity index (χ1v) is 6.34. The fourth-order valence-corrected chi connectivity index (χ4v) is 2.16. The molecule has 2 rings (SSSR count). The molecule has 106 valence electrons. The molecule has 0 saturated carbocycles. The van der Waals surface area contributed by atoms with Crippen molar-refractivity contribution in [2.45, 2.75) is 6.54 Å². The molecule has 0 bridgehead atoms. The highest BCUT2D eigenvalue weighted by Crippen LogP contribution is 2.24. The van der Waals surface area contributed by atoms with E-state index in [1.54, 1.807) is 31.3 Å². The smallest absolute Gasteiger partial charge is 0.337 e. The molecule has 0 radical (unpaired) electrons. The van der Waals surface area contributed by atoms with Crippen LogP contribution in [0.15, 0.2) is 42.5 Å². The van der Waals surface area contributed by atoms with E-state index < -0.39 is 5.97 Å². The van der Waals surface area contributed by atoms with Crippen LogP contribution in [-0.2, 0) is 6.54 Å². The summed E-state index contributed by atoms with van der Waals surface area (Å²) >= 11 is 0. The van der Waals surface area contributed by atoms with Crippen molar-refractivity contribution in [2.75, 3.05) is 17.7 Å². The van der Waals surface area contributed by atoms with Gasteiger partial charge in [-0.25, -0.2) is 4.79 Å². The number of carbonyl (C=O) groups is 1. The fraction of sp³-hybridized carbons (Fsp3) is 0.125. The number of aromatic carboxylic acids is 1. The fourth-order valence-electron chi connectivity index (χ4n) is 2.16. The highest BCUT2D eigenvalue weighted by atomic mass is 16.4. The third-order valence-corrected chi connectivity index (χ3v) is 3.14. The Kier molecular flexibility index (Phi) is 4.10. The van der Waals surface area contributed by atoms with Crippen molar-refractivity contribution in [2.24, 2.45) is 0 Å². The van der Waals surface area contributed by atoms with Gasteiger partial charge in [0.25, 0.3) is 0 Å². The molecule has 0 amide bonds. The maximum absolute atomic E-state index is 11.3. The van der Waals surface area contributed by atoms with E-state index in [9.17, 15) is 9.90 Å². The van der Waals surface area contributed by atoms with Gasteiger partial charge in [0.2, 0.25) is 0 Å². The van der Waals surface area contributed by atoms with Crippen LogP contribution in [0.2, 0.25) is 0 Å². The standard InChI is InChI=1S/C16H15N3O2/c1-19(10-12-4-2-3-11(7-12)9-17)15-6-5-13(18)8-14(15)16(20)21/h2-8H,10,18H2,1H3,(H,20,21). The van der Waals surface area contributed by atoms with E-state index in [0.29, 0.717) is 23.5 Å². The first-order chi connectivity index (χ1) is 10.0. The van der Waals surface area contributed by atoms with Gasteiger partial charge >= 0.3 is 5.97 Å². The van der Waals surface area contributed by atoms with Gasteiger partial charge < -0.3 is 15.7 Å². The maximum atomic E-state index is 11.3. The molecule has 0 saturated heterocycles. The molecule has 0 fully saturated rings. The monoisotopic (exact) mass is 281 g/mol. The minimum absolute atomic E-state index is 0.161. The van der Waals surface area contributed by atoms with Gasteiger partial charge in [0.05, 0.1) is 22.9 Å². The predicted molar refractivity (Wildman–Crippen MR) is 81.1 cm³/mol. The number of anilines is 2. The lowest BCUT2D eigenvalue weighted by Crippen LogP contribution is -2.19. The topological polar surface area (TPSA) is 90.4 Å². The van der Waals surface area contributed by atoms with Crippen molar-refractivity contribution in [3.05, 3.63) is 59.2 Å². The van der Waals surface area contributed by atoms with E-state index in [2.05, 4.69) is 6.07 Å². The molecule has 3 N–H and O–H groups in total. The first kappa shape index (κ1) is 14.4. The average Bonchev–Trinajstić information content (AvgIpc) is 2.47. The number of nitriles is 1. The minimum atomic E-state index is -1.02. The number of nitrogen functional groups attached to an aromatic ring is 1. The van der Waals surface area contributed by atoms with Crippen LogP contribution in [0.5, 0.6) is 0 Å². The van der Waals surface area contributed by atoms with Gasteiger partial charge in [-0.3, -0.25) is 0 Å². The van der Waals surface area contributed by atoms with E-state index in [4.69, 9.17) is 11.0 Å². The van der Waals surface area contributed by atoms with Gasteiger partial charge in [-0.1, -0.05) is 12.1 Å². The molecular weight excluding hydrogens is 266 g/mol. The summed E-state index contributed by atoms with van der Waals surface area (Å²) in [5, 5.41) is 18.2. The Morgan fingerprint density at radius 1 is 1.33 bits per heavy atom. The SMILES string of the molecule is CN(Cc1cccc(C#N)c1)c1ccc(N)cc1C(=O)O. The summed E-state index contributed by atoms with van der Waals surface area (Å²) < 4.78 is 0. The Balaban J connectivity index is 2.30. The van der Waals surface area contributed by atoms with E-state index in [-0.39, 0.29) is 5.56 Å². The molecule has 0 aliphatic rings. The summed E-state index contributed by atoms with van der Waals surface area (Å²) in [6.45, 7) is 0.500. The van der Waals surface area contributed by atoms with E-state index >= 15 is 0 Å². The maximum Gasteiger partial charge on any atom is 0.337 e. The quantitative estimate of drug-likeness (QED) is 0.840. The minimum Gasteiger partial charge on any atom is -0.478 e. The van der Waals surface area contributed by atoms with Crippen LogP contribution in [0.3, 0.4) is 0 Å². The summed E-state index contributed by atoms with van der Waals surface area (Å²) in [6.07, 6.45) is 0. The molecule has 0 unspecified atom stereocenters. The molecule has 0 atom stereocenters. The van der Waals surface area contributed by atoms with Gasteiger partial charge in [0.1, 0.15) is 0 Å². The van der Waals surface area contributed by atoms with E-state index in [1.165, 1.54) is 6.07 Å². The number of hydrogen-bond donors (Lipinski definition) is 2. The lowest BCUT2D eigenvalue weighted by atomic mass is 10.1. The number of hydrogen-bond acceptors (Lipinski definition) is 4. The number of nitrogens with zero attached hydrogens (tertiary/aromatic N) is 2. The number of carboxylic acid groups (broad SMARTS) is 1. The summed E-state index contributed by atoms with van der Waals surface area (Å²) in [6, 6.07) is 14.1. The van der Waals surface area contributed by atoms with Crippen LogP contribution in [0.4, 0.5) is 11.4 Å². The van der Waals surface area contributed by atoms with Crippen molar-refractivity contribution >= 4 is 17.3 Å². The largest absolute Gasteiger partial charge is 0.478 e. The van der Waals surface area contributed by atoms with Gasteiger partial charge in [-0.05, 0) is 35.9 Å². The summed E-state index contributed by atoms with van der Waals surface area (Å²) in [5.41, 5.74) is 8.31. The van der Waals surface area contributed by atoms with Crippen LogP contribution in [0, 0.1) is 11.3 Å². The molecule has 0 aromatic heterocycles. The molecule has 2 aromatic carbocycles. The van der Waals surface area contributed by atoms with Gasteiger partial charge in [-0.2, -0.15) is 5.26 Å². The average molecular weight is 281 g/mol. The highest BCUT2D eigenvalue weighted by Gasteiger charge is 2.14. The van der Waals surface area contributed by atoms with Crippen LogP contribution >= 0.6 is 0 Å². The lowest BCUT2D eigenvalue weighted by Gasteiger charge is -2.21. The van der Waals surface area contributed by atoms with Crippen LogP contribution in [0.25, 0.3) is 0 Å². The van der Waals surface area contributed by atoms with Gasteiger partial charge in [-0.15, -0.1) is 0 Å². The Morgan fingerprint density at radius 2 is 2.10 bits per heavy atom. The van der Waals surface area contributed by atoms with Gasteiger partial charge in [0.15, 0.2) is 0 Å². The molecule has 0 spiro atoms. The Hall–Kier alpha value is -3.00. The zero-order valence-corrected chi connectivity index (χ0v) is 11.6. The molecule has 0 aliphatic heterocycles. The molecule has 0 heterocycles. The first-order valence-electron chi connectivity index (χ1n) is 6.34. The summed E-state index contributed by atoms with van der Waals surface area (Å²) in [4.78, 5) is 13.1. The Morgan fingerprint density at radius 3 is 2.76 bits per heavy atom. The zero-order chi connectivity index (χ0) is 15.4. The van der Waals surface area contributed by atoms with Gasteiger partial charge in [0, 0.05) is 19.3 Å². The third kappa shape index (κ3) is 3.31. The molecule has 5 heteroatoms. The highest BCUT2D eigenvalue weighted by molar-refractivity contribution is 5.95. The van der Waals surface area contributed by atoms with Crippen LogP contribution < -0.4 is 10.6 Å². The van der Waals surface area contributed by atoms with Crippen molar-refractivity contribution in [3.63, 3.8) is 0 Å². The molecule has 5 nitrogen and oxygen atoms in total. The molecule has 0 aliphatic carbocycles. The predicted octanol–water partition coefficient (Wildman–Crippen LogP) is 2.48. The normalized spacial score (nSPS) is 9.90. The third-order valence-electron chi connectivity index (χ3n) is 3.14.